The number of nitrogens with one attached hydrogen (secondary N) is 1. The number of aromatic nitrogens is 4. The first kappa shape index (κ1) is 16.6. The minimum absolute atomic E-state index is 0.182. The molecule has 0 bridgehead atoms. The number of carbonyl (C=O) groups excluding carboxylic acids is 1. The van der Waals surface area contributed by atoms with E-state index >= 15 is 0 Å². The third kappa shape index (κ3) is 3.55. The van der Waals surface area contributed by atoms with Crippen LogP contribution >= 0.6 is 11.3 Å². The number of thiophene rings is 1. The molecule has 10 heteroatoms. The van der Waals surface area contributed by atoms with E-state index < -0.39 is 0 Å². The third-order valence-corrected chi connectivity index (χ3v) is 4.99. The molecule has 4 rings (SSSR count). The summed E-state index contributed by atoms with van der Waals surface area (Å²) in [6.07, 6.45) is 0. The summed E-state index contributed by atoms with van der Waals surface area (Å²) in [7, 11) is 0. The van der Waals surface area contributed by atoms with Crippen molar-refractivity contribution in [2.75, 3.05) is 26.2 Å². The Morgan fingerprint density at radius 3 is 2.77 bits per heavy atom. The molecule has 1 aliphatic heterocycles. The van der Waals surface area contributed by atoms with Crippen molar-refractivity contribution in [2.45, 2.75) is 6.54 Å². The zero-order valence-corrected chi connectivity index (χ0v) is 14.6. The van der Waals surface area contributed by atoms with E-state index in [4.69, 9.17) is 4.52 Å². The first-order valence-electron chi connectivity index (χ1n) is 8.13. The summed E-state index contributed by atoms with van der Waals surface area (Å²) in [6.45, 7) is 3.10. The van der Waals surface area contributed by atoms with Crippen LogP contribution in [0, 0.1) is 0 Å². The van der Waals surface area contributed by atoms with Crippen LogP contribution in [0.4, 0.5) is 0 Å². The van der Waals surface area contributed by atoms with Gasteiger partial charge in [-0.05, 0) is 17.5 Å². The molecule has 0 atom stereocenters. The van der Waals surface area contributed by atoms with Gasteiger partial charge in [0.1, 0.15) is 5.69 Å². The Morgan fingerprint density at radius 1 is 1.23 bits per heavy atom. The van der Waals surface area contributed by atoms with E-state index in [-0.39, 0.29) is 17.2 Å². The second kappa shape index (κ2) is 7.18. The first-order valence-corrected chi connectivity index (χ1v) is 9.01. The highest BCUT2D eigenvalue weighted by Gasteiger charge is 2.24. The van der Waals surface area contributed by atoms with Gasteiger partial charge in [-0.1, -0.05) is 11.2 Å². The van der Waals surface area contributed by atoms with Crippen molar-refractivity contribution >= 4 is 17.2 Å². The van der Waals surface area contributed by atoms with Crippen LogP contribution in [-0.2, 0) is 6.54 Å². The van der Waals surface area contributed by atoms with Gasteiger partial charge < -0.3 is 9.42 Å². The predicted octanol–water partition coefficient (Wildman–Crippen LogP) is 0.839. The molecular formula is C16H16N6O3S. The first-order chi connectivity index (χ1) is 12.7. The van der Waals surface area contributed by atoms with Crippen LogP contribution in [0.3, 0.4) is 0 Å². The molecule has 1 fully saturated rings. The summed E-state index contributed by atoms with van der Waals surface area (Å²) in [4.78, 5) is 32.7. The normalized spacial score (nSPS) is 15.3. The zero-order chi connectivity index (χ0) is 17.9. The molecule has 0 radical (unpaired) electrons. The Kier molecular flexibility index (Phi) is 4.59. The van der Waals surface area contributed by atoms with Crippen LogP contribution in [0.1, 0.15) is 16.4 Å². The lowest BCUT2D eigenvalue weighted by Gasteiger charge is -2.33. The summed E-state index contributed by atoms with van der Waals surface area (Å²) in [5.41, 5.74) is -0.0802. The van der Waals surface area contributed by atoms with Gasteiger partial charge in [0.2, 0.25) is 11.7 Å². The van der Waals surface area contributed by atoms with Gasteiger partial charge in [0.15, 0.2) is 0 Å². The molecule has 26 heavy (non-hydrogen) atoms. The average Bonchev–Trinajstić information content (AvgIpc) is 3.34. The molecule has 0 unspecified atom stereocenters. The van der Waals surface area contributed by atoms with Gasteiger partial charge in [0.05, 0.1) is 11.4 Å². The number of aromatic amines is 1. The Bertz CT molecular complexity index is 923. The Hall–Kier alpha value is -2.85. The third-order valence-electron chi connectivity index (χ3n) is 4.13. The predicted molar refractivity (Wildman–Crippen MR) is 93.6 cm³/mol. The van der Waals surface area contributed by atoms with Crippen molar-refractivity contribution in [3.63, 3.8) is 0 Å². The maximum Gasteiger partial charge on any atom is 0.274 e. The van der Waals surface area contributed by atoms with Crippen molar-refractivity contribution in [1.82, 2.24) is 30.1 Å². The van der Waals surface area contributed by atoms with E-state index in [1.54, 1.807) is 16.2 Å². The highest BCUT2D eigenvalue weighted by atomic mass is 32.1. The molecule has 0 aliphatic carbocycles. The highest BCUT2D eigenvalue weighted by Crippen LogP contribution is 2.21. The van der Waals surface area contributed by atoms with Crippen molar-refractivity contribution in [1.29, 1.82) is 0 Å². The molecular weight excluding hydrogens is 356 g/mol. The minimum Gasteiger partial charge on any atom is -0.338 e. The topological polar surface area (TPSA) is 108 Å². The van der Waals surface area contributed by atoms with Crippen LogP contribution in [0.5, 0.6) is 0 Å². The fraction of sp³-hybridized carbons (Fsp3) is 0.312. The Labute approximate surface area is 152 Å². The molecule has 1 saturated heterocycles. The quantitative estimate of drug-likeness (QED) is 0.723. The number of amides is 1. The number of H-pyrrole nitrogens is 1. The summed E-state index contributed by atoms with van der Waals surface area (Å²) in [5.74, 6) is 0.988. The molecule has 1 amide bonds. The van der Waals surface area contributed by atoms with Crippen LogP contribution in [0.15, 0.2) is 39.0 Å². The number of nitrogens with zero attached hydrogens (tertiary/aromatic N) is 5. The van der Waals surface area contributed by atoms with E-state index in [1.807, 2.05) is 17.5 Å². The maximum atomic E-state index is 12.4. The molecule has 4 heterocycles. The van der Waals surface area contributed by atoms with E-state index in [9.17, 15) is 9.59 Å². The van der Waals surface area contributed by atoms with E-state index in [2.05, 4.69) is 25.2 Å². The van der Waals surface area contributed by atoms with Crippen LogP contribution in [-0.4, -0.2) is 62.2 Å². The number of hydrogen-bond donors (Lipinski definition) is 1. The average molecular weight is 372 g/mol. The SMILES string of the molecule is O=C(c1ccc(=O)[nH]n1)N1CCN(Cc2nc(-c3cccs3)no2)CC1. The van der Waals surface area contributed by atoms with Gasteiger partial charge in [-0.3, -0.25) is 14.5 Å². The number of carbonyl (C=O) groups is 1. The molecule has 1 N–H and O–H groups in total. The second-order valence-electron chi connectivity index (χ2n) is 5.86. The highest BCUT2D eigenvalue weighted by molar-refractivity contribution is 7.13. The van der Waals surface area contributed by atoms with Gasteiger partial charge >= 0.3 is 0 Å². The fourth-order valence-electron chi connectivity index (χ4n) is 2.75. The van der Waals surface area contributed by atoms with Crippen molar-refractivity contribution in [3.8, 4) is 10.7 Å². The Morgan fingerprint density at radius 2 is 2.08 bits per heavy atom. The van der Waals surface area contributed by atoms with Crippen LogP contribution in [0.2, 0.25) is 0 Å². The lowest BCUT2D eigenvalue weighted by atomic mass is 10.2. The molecule has 0 spiro atoms. The van der Waals surface area contributed by atoms with Gasteiger partial charge in [-0.2, -0.15) is 10.1 Å². The van der Waals surface area contributed by atoms with Gasteiger partial charge in [-0.25, -0.2) is 5.10 Å². The molecule has 0 aromatic carbocycles. The molecule has 0 saturated carbocycles. The van der Waals surface area contributed by atoms with Gasteiger partial charge in [0, 0.05) is 32.2 Å². The molecule has 1 aliphatic rings. The van der Waals surface area contributed by atoms with Crippen molar-refractivity contribution < 1.29 is 9.32 Å². The Balaban J connectivity index is 1.33. The number of rotatable bonds is 4. The second-order valence-corrected chi connectivity index (χ2v) is 6.81. The minimum atomic E-state index is -0.326. The van der Waals surface area contributed by atoms with Crippen LogP contribution in [0.25, 0.3) is 10.7 Å². The van der Waals surface area contributed by atoms with E-state index in [1.165, 1.54) is 12.1 Å². The van der Waals surface area contributed by atoms with E-state index in [0.29, 0.717) is 44.4 Å². The maximum absolute atomic E-state index is 12.4. The number of piperazine rings is 1. The smallest absolute Gasteiger partial charge is 0.274 e. The summed E-state index contributed by atoms with van der Waals surface area (Å²) >= 11 is 1.57. The zero-order valence-electron chi connectivity index (χ0n) is 13.8. The molecule has 9 nitrogen and oxygen atoms in total. The van der Waals surface area contributed by atoms with Gasteiger partial charge in [-0.15, -0.1) is 11.3 Å². The fourth-order valence-corrected chi connectivity index (χ4v) is 3.40. The lowest BCUT2D eigenvalue weighted by Crippen LogP contribution is -2.48. The lowest BCUT2D eigenvalue weighted by molar-refractivity contribution is 0.0608. The largest absolute Gasteiger partial charge is 0.338 e. The molecule has 134 valence electrons. The van der Waals surface area contributed by atoms with E-state index in [0.717, 1.165) is 4.88 Å². The monoisotopic (exact) mass is 372 g/mol. The molecule has 3 aromatic rings. The van der Waals surface area contributed by atoms with Crippen molar-refractivity contribution in [3.05, 3.63) is 51.6 Å². The summed E-state index contributed by atoms with van der Waals surface area (Å²) in [6, 6.07) is 6.65. The summed E-state index contributed by atoms with van der Waals surface area (Å²) < 4.78 is 5.33. The van der Waals surface area contributed by atoms with Gasteiger partial charge in [0.25, 0.3) is 11.5 Å². The van der Waals surface area contributed by atoms with Crippen molar-refractivity contribution in [2.24, 2.45) is 0 Å². The standard InChI is InChI=1S/C16H16N6O3S/c23-13-4-3-11(18-19-13)16(24)22-7-5-21(6-8-22)10-14-17-15(20-25-14)12-2-1-9-26-12/h1-4,9H,5-8,10H2,(H,19,23). The number of hydrogen-bond acceptors (Lipinski definition) is 8. The molecule has 3 aromatic heterocycles. The summed E-state index contributed by atoms with van der Waals surface area (Å²) in [5, 5.41) is 12.1. The van der Waals surface area contributed by atoms with Crippen LogP contribution < -0.4 is 5.56 Å².